The Bertz CT molecular complexity index is 351. The molecule has 0 aromatic carbocycles. The van der Waals surface area contributed by atoms with Crippen LogP contribution in [0.1, 0.15) is 35.9 Å². The molecule has 0 spiro atoms. The maximum Gasteiger partial charge on any atom is 0.306 e. The van der Waals surface area contributed by atoms with Gasteiger partial charge in [0, 0.05) is 6.42 Å². The molecule has 0 aliphatic carbocycles. The summed E-state index contributed by atoms with van der Waals surface area (Å²) in [6.07, 6.45) is 1.70. The monoisotopic (exact) mass is 210 g/mol. The van der Waals surface area contributed by atoms with Crippen LogP contribution in [0.25, 0.3) is 0 Å². The van der Waals surface area contributed by atoms with Crippen LogP contribution in [0.15, 0.2) is 16.7 Å². The first-order chi connectivity index (χ1) is 7.15. The molecule has 4 nitrogen and oxygen atoms in total. The summed E-state index contributed by atoms with van der Waals surface area (Å²) < 4.78 is 9.73. The number of rotatable bonds is 5. The molecule has 0 fully saturated rings. The summed E-state index contributed by atoms with van der Waals surface area (Å²) in [5.41, 5.74) is 0.795. The van der Waals surface area contributed by atoms with Crippen LogP contribution in [0.2, 0.25) is 0 Å². The Morgan fingerprint density at radius 3 is 2.67 bits per heavy atom. The predicted molar refractivity (Wildman–Crippen MR) is 53.6 cm³/mol. The molecule has 0 saturated carbocycles. The van der Waals surface area contributed by atoms with Gasteiger partial charge in [-0.05, 0) is 25.5 Å². The summed E-state index contributed by atoms with van der Waals surface area (Å²) in [5, 5.41) is 0. The summed E-state index contributed by atoms with van der Waals surface area (Å²) in [4.78, 5) is 22.5. The second-order valence-corrected chi connectivity index (χ2v) is 3.16. The zero-order valence-corrected chi connectivity index (χ0v) is 8.91. The number of carbonyl (C=O) groups excluding carboxylic acids is 2. The van der Waals surface area contributed by atoms with E-state index in [-0.39, 0.29) is 24.6 Å². The average molecular weight is 210 g/mol. The van der Waals surface area contributed by atoms with Crippen molar-refractivity contribution in [3.05, 3.63) is 23.7 Å². The van der Waals surface area contributed by atoms with Crippen molar-refractivity contribution in [2.75, 3.05) is 6.61 Å². The van der Waals surface area contributed by atoms with E-state index in [1.165, 1.54) is 6.26 Å². The second-order valence-electron chi connectivity index (χ2n) is 3.16. The zero-order valence-electron chi connectivity index (χ0n) is 8.91. The molecule has 4 heteroatoms. The molecule has 0 amide bonds. The number of carbonyl (C=O) groups is 2. The highest BCUT2D eigenvalue weighted by Crippen LogP contribution is 2.12. The minimum atomic E-state index is -0.352. The van der Waals surface area contributed by atoms with E-state index in [1.54, 1.807) is 19.9 Å². The Morgan fingerprint density at radius 1 is 1.40 bits per heavy atom. The summed E-state index contributed by atoms with van der Waals surface area (Å²) in [5.74, 6) is -0.181. The van der Waals surface area contributed by atoms with Gasteiger partial charge in [-0.15, -0.1) is 0 Å². The number of Topliss-reactive ketones (excluding diaryl/α,β-unsaturated/α-hetero) is 1. The lowest BCUT2D eigenvalue weighted by Crippen LogP contribution is -2.08. The number of ether oxygens (including phenoxy) is 1. The number of hydrogen-bond acceptors (Lipinski definition) is 4. The standard InChI is InChI=1S/C11H14O4/c1-3-14-10(13)5-4-9(12)11-8(2)6-7-15-11/h6-7H,3-5H2,1-2H3. The van der Waals surface area contributed by atoms with E-state index in [9.17, 15) is 9.59 Å². The van der Waals surface area contributed by atoms with Crippen LogP contribution >= 0.6 is 0 Å². The van der Waals surface area contributed by atoms with E-state index < -0.39 is 0 Å². The van der Waals surface area contributed by atoms with Gasteiger partial charge in [0.05, 0.1) is 19.3 Å². The number of furan rings is 1. The SMILES string of the molecule is CCOC(=O)CCC(=O)c1occc1C. The second kappa shape index (κ2) is 5.34. The van der Waals surface area contributed by atoms with Crippen LogP contribution in [0.5, 0.6) is 0 Å². The minimum Gasteiger partial charge on any atom is -0.466 e. The predicted octanol–water partition coefficient (Wildman–Crippen LogP) is 2.11. The van der Waals surface area contributed by atoms with Crippen molar-refractivity contribution in [2.24, 2.45) is 0 Å². The molecule has 0 unspecified atom stereocenters. The first-order valence-electron chi connectivity index (χ1n) is 4.88. The molecule has 0 aliphatic heterocycles. The van der Waals surface area contributed by atoms with Crippen molar-refractivity contribution in [1.29, 1.82) is 0 Å². The lowest BCUT2D eigenvalue weighted by molar-refractivity contribution is -0.143. The van der Waals surface area contributed by atoms with E-state index in [2.05, 4.69) is 0 Å². The summed E-state index contributed by atoms with van der Waals surface area (Å²) in [6.45, 7) is 3.87. The molecule has 0 saturated heterocycles. The van der Waals surface area contributed by atoms with Gasteiger partial charge in [-0.25, -0.2) is 0 Å². The first kappa shape index (κ1) is 11.5. The fraction of sp³-hybridized carbons (Fsp3) is 0.455. The van der Waals surface area contributed by atoms with Crippen molar-refractivity contribution in [3.8, 4) is 0 Å². The first-order valence-corrected chi connectivity index (χ1v) is 4.88. The molecule has 1 rings (SSSR count). The third kappa shape index (κ3) is 3.23. The Balaban J connectivity index is 2.44. The van der Waals surface area contributed by atoms with Crippen LogP contribution in [-0.2, 0) is 9.53 Å². The largest absolute Gasteiger partial charge is 0.466 e. The Hall–Kier alpha value is -1.58. The van der Waals surface area contributed by atoms with Gasteiger partial charge in [-0.3, -0.25) is 9.59 Å². The van der Waals surface area contributed by atoms with E-state index >= 15 is 0 Å². The fourth-order valence-electron chi connectivity index (χ4n) is 1.22. The molecule has 0 atom stereocenters. The topological polar surface area (TPSA) is 56.5 Å². The summed E-state index contributed by atoms with van der Waals surface area (Å²) in [7, 11) is 0. The maximum atomic E-state index is 11.5. The van der Waals surface area contributed by atoms with E-state index in [0.29, 0.717) is 12.4 Å². The van der Waals surface area contributed by atoms with Crippen LogP contribution in [0, 0.1) is 6.92 Å². The summed E-state index contributed by atoms with van der Waals surface area (Å²) in [6, 6.07) is 1.72. The van der Waals surface area contributed by atoms with Crippen LogP contribution < -0.4 is 0 Å². The van der Waals surface area contributed by atoms with Gasteiger partial charge < -0.3 is 9.15 Å². The van der Waals surface area contributed by atoms with Crippen molar-refractivity contribution < 1.29 is 18.7 Å². The number of aryl methyl sites for hydroxylation is 1. The highest BCUT2D eigenvalue weighted by molar-refractivity contribution is 5.96. The molecule has 1 aromatic rings. The number of esters is 1. The molecule has 0 bridgehead atoms. The smallest absolute Gasteiger partial charge is 0.306 e. The van der Waals surface area contributed by atoms with Crippen molar-refractivity contribution in [1.82, 2.24) is 0 Å². The minimum absolute atomic E-state index is 0.104. The Labute approximate surface area is 88.2 Å². The molecule has 15 heavy (non-hydrogen) atoms. The van der Waals surface area contributed by atoms with Gasteiger partial charge in [-0.1, -0.05) is 0 Å². The normalized spacial score (nSPS) is 10.0. The highest BCUT2D eigenvalue weighted by Gasteiger charge is 2.14. The van der Waals surface area contributed by atoms with Gasteiger partial charge in [-0.2, -0.15) is 0 Å². The summed E-state index contributed by atoms with van der Waals surface area (Å²) >= 11 is 0. The van der Waals surface area contributed by atoms with Gasteiger partial charge in [0.15, 0.2) is 11.5 Å². The average Bonchev–Trinajstić information content (AvgIpc) is 2.61. The lowest BCUT2D eigenvalue weighted by atomic mass is 10.1. The van der Waals surface area contributed by atoms with Gasteiger partial charge in [0.25, 0.3) is 0 Å². The lowest BCUT2D eigenvalue weighted by Gasteiger charge is -2.00. The molecular weight excluding hydrogens is 196 g/mol. The molecule has 0 radical (unpaired) electrons. The third-order valence-electron chi connectivity index (χ3n) is 1.98. The number of hydrogen-bond donors (Lipinski definition) is 0. The molecule has 1 heterocycles. The van der Waals surface area contributed by atoms with E-state index in [0.717, 1.165) is 5.56 Å². The Morgan fingerprint density at radius 2 is 2.13 bits per heavy atom. The van der Waals surface area contributed by atoms with Gasteiger partial charge in [0.1, 0.15) is 0 Å². The van der Waals surface area contributed by atoms with Crippen molar-refractivity contribution >= 4 is 11.8 Å². The molecular formula is C11H14O4. The van der Waals surface area contributed by atoms with Gasteiger partial charge >= 0.3 is 5.97 Å². The van der Waals surface area contributed by atoms with Crippen molar-refractivity contribution in [3.63, 3.8) is 0 Å². The van der Waals surface area contributed by atoms with E-state index in [4.69, 9.17) is 9.15 Å². The fourth-order valence-corrected chi connectivity index (χ4v) is 1.22. The molecule has 0 aliphatic rings. The maximum absolute atomic E-state index is 11.5. The Kier molecular flexibility index (Phi) is 4.09. The van der Waals surface area contributed by atoms with Crippen LogP contribution in [0.3, 0.4) is 0 Å². The zero-order chi connectivity index (χ0) is 11.3. The van der Waals surface area contributed by atoms with E-state index in [1.807, 2.05) is 0 Å². The van der Waals surface area contributed by atoms with Gasteiger partial charge in [0.2, 0.25) is 0 Å². The highest BCUT2D eigenvalue weighted by atomic mass is 16.5. The van der Waals surface area contributed by atoms with Crippen LogP contribution in [-0.4, -0.2) is 18.4 Å². The molecule has 0 N–H and O–H groups in total. The van der Waals surface area contributed by atoms with Crippen LogP contribution in [0.4, 0.5) is 0 Å². The third-order valence-corrected chi connectivity index (χ3v) is 1.98. The molecule has 1 aromatic heterocycles. The number of ketones is 1. The quantitative estimate of drug-likeness (QED) is 0.551. The van der Waals surface area contributed by atoms with Crippen molar-refractivity contribution in [2.45, 2.75) is 26.7 Å². The molecule has 82 valence electrons.